The van der Waals surface area contributed by atoms with Gasteiger partial charge >= 0.3 is 0 Å². The summed E-state index contributed by atoms with van der Waals surface area (Å²) in [6.45, 7) is 5.62. The summed E-state index contributed by atoms with van der Waals surface area (Å²) in [6, 6.07) is 13.5. The fraction of sp³-hybridized carbons (Fsp3) is 0.455. The molecule has 0 fully saturated rings. The van der Waals surface area contributed by atoms with Crippen molar-refractivity contribution >= 4 is 11.8 Å². The minimum Gasteiger partial charge on any atom is -0.467 e. The van der Waals surface area contributed by atoms with Crippen LogP contribution in [-0.4, -0.2) is 48.4 Å². The number of carbonyl (C=O) groups is 2. The van der Waals surface area contributed by atoms with Gasteiger partial charge in [0.15, 0.2) is 0 Å². The average molecular weight is 386 g/mol. The Morgan fingerprint density at radius 2 is 1.79 bits per heavy atom. The average Bonchev–Trinajstić information content (AvgIpc) is 3.20. The number of hydrogen-bond acceptors (Lipinski definition) is 4. The van der Waals surface area contributed by atoms with Gasteiger partial charge in [-0.2, -0.15) is 0 Å². The van der Waals surface area contributed by atoms with Crippen molar-refractivity contribution < 1.29 is 18.7 Å². The molecule has 0 aliphatic carbocycles. The number of ether oxygens (including phenoxy) is 1. The zero-order chi connectivity index (χ0) is 20.4. The molecule has 0 N–H and O–H groups in total. The van der Waals surface area contributed by atoms with E-state index >= 15 is 0 Å². The molecule has 0 atom stereocenters. The fourth-order valence-electron chi connectivity index (χ4n) is 2.92. The highest BCUT2D eigenvalue weighted by atomic mass is 16.5. The van der Waals surface area contributed by atoms with Gasteiger partial charge in [-0.3, -0.25) is 9.59 Å². The Balaban J connectivity index is 2.12. The Morgan fingerprint density at radius 1 is 1.04 bits per heavy atom. The maximum Gasteiger partial charge on any atom is 0.242 e. The zero-order valence-electron chi connectivity index (χ0n) is 17.0. The molecule has 0 saturated heterocycles. The van der Waals surface area contributed by atoms with Crippen LogP contribution < -0.4 is 0 Å². The van der Waals surface area contributed by atoms with Gasteiger partial charge < -0.3 is 19.0 Å². The van der Waals surface area contributed by atoms with Crippen molar-refractivity contribution in [2.24, 2.45) is 5.92 Å². The lowest BCUT2D eigenvalue weighted by Crippen LogP contribution is -2.44. The molecule has 0 unspecified atom stereocenters. The number of hydrogen-bond donors (Lipinski definition) is 0. The number of methoxy groups -OCH3 is 1. The molecule has 0 radical (unpaired) electrons. The molecule has 1 aromatic carbocycles. The Kier molecular flexibility index (Phi) is 8.75. The Bertz CT molecular complexity index is 713. The Morgan fingerprint density at radius 3 is 2.39 bits per heavy atom. The van der Waals surface area contributed by atoms with E-state index in [1.807, 2.05) is 50.2 Å². The first-order valence-corrected chi connectivity index (χ1v) is 9.63. The summed E-state index contributed by atoms with van der Waals surface area (Å²) in [5.41, 5.74) is 1.03. The summed E-state index contributed by atoms with van der Waals surface area (Å²) >= 11 is 0. The normalized spacial score (nSPS) is 10.9. The number of rotatable bonds is 11. The topological polar surface area (TPSA) is 63.0 Å². The third-order valence-corrected chi connectivity index (χ3v) is 4.40. The molecule has 1 aromatic heterocycles. The van der Waals surface area contributed by atoms with E-state index in [4.69, 9.17) is 9.15 Å². The van der Waals surface area contributed by atoms with Gasteiger partial charge in [-0.1, -0.05) is 44.2 Å². The minimum absolute atomic E-state index is 0.0258. The third kappa shape index (κ3) is 6.85. The summed E-state index contributed by atoms with van der Waals surface area (Å²) in [4.78, 5) is 29.0. The van der Waals surface area contributed by atoms with Crippen molar-refractivity contribution in [3.63, 3.8) is 0 Å². The second-order valence-electron chi connectivity index (χ2n) is 7.08. The summed E-state index contributed by atoms with van der Waals surface area (Å²) in [6.07, 6.45) is 2.29. The number of furan rings is 1. The van der Waals surface area contributed by atoms with E-state index in [1.165, 1.54) is 0 Å². The molecular weight excluding hydrogens is 356 g/mol. The van der Waals surface area contributed by atoms with Crippen molar-refractivity contribution in [1.82, 2.24) is 9.80 Å². The lowest BCUT2D eigenvalue weighted by Gasteiger charge is -2.28. The molecule has 2 aromatic rings. The largest absolute Gasteiger partial charge is 0.467 e. The van der Waals surface area contributed by atoms with Gasteiger partial charge in [0.25, 0.3) is 0 Å². The van der Waals surface area contributed by atoms with Gasteiger partial charge in [-0.05, 0) is 24.1 Å². The lowest BCUT2D eigenvalue weighted by molar-refractivity contribution is -0.143. The smallest absolute Gasteiger partial charge is 0.242 e. The molecule has 2 rings (SSSR count). The quantitative estimate of drug-likeness (QED) is 0.556. The third-order valence-electron chi connectivity index (χ3n) is 4.40. The van der Waals surface area contributed by atoms with E-state index in [0.29, 0.717) is 38.4 Å². The molecule has 0 aliphatic heterocycles. The highest BCUT2D eigenvalue weighted by molar-refractivity contribution is 5.85. The minimum atomic E-state index is -0.164. The maximum atomic E-state index is 13.1. The van der Waals surface area contributed by atoms with Gasteiger partial charge in [-0.25, -0.2) is 0 Å². The number of nitrogens with zero attached hydrogens (tertiary/aromatic N) is 2. The van der Waals surface area contributed by atoms with Gasteiger partial charge in [0.05, 0.1) is 19.4 Å². The monoisotopic (exact) mass is 386 g/mol. The fourth-order valence-corrected chi connectivity index (χ4v) is 2.92. The highest BCUT2D eigenvalue weighted by Crippen LogP contribution is 2.12. The van der Waals surface area contributed by atoms with Crippen LogP contribution >= 0.6 is 0 Å². The van der Waals surface area contributed by atoms with Crippen molar-refractivity contribution in [3.8, 4) is 0 Å². The van der Waals surface area contributed by atoms with E-state index in [2.05, 4.69) is 0 Å². The number of amides is 2. The molecule has 6 nitrogen and oxygen atoms in total. The van der Waals surface area contributed by atoms with Gasteiger partial charge in [0.1, 0.15) is 5.76 Å². The van der Waals surface area contributed by atoms with Gasteiger partial charge in [-0.15, -0.1) is 0 Å². The molecule has 0 bridgehead atoms. The van der Waals surface area contributed by atoms with Crippen LogP contribution in [0.3, 0.4) is 0 Å². The van der Waals surface area contributed by atoms with Crippen LogP contribution in [0.5, 0.6) is 0 Å². The van der Waals surface area contributed by atoms with E-state index < -0.39 is 0 Å². The van der Waals surface area contributed by atoms with E-state index in [-0.39, 0.29) is 24.3 Å². The standard InChI is InChI=1S/C22H30N2O4/c1-18(2)22(26)23(12-8-13-27-3)17-21(25)24(16-20-11-7-14-28-20)15-19-9-5-4-6-10-19/h4-7,9-11,14,18H,8,12-13,15-17H2,1-3H3. The van der Waals surface area contributed by atoms with Crippen LogP contribution in [0.2, 0.25) is 0 Å². The molecule has 2 amide bonds. The highest BCUT2D eigenvalue weighted by Gasteiger charge is 2.23. The number of carbonyl (C=O) groups excluding carboxylic acids is 2. The van der Waals surface area contributed by atoms with Crippen molar-refractivity contribution in [1.29, 1.82) is 0 Å². The van der Waals surface area contributed by atoms with E-state index in [1.54, 1.807) is 29.2 Å². The predicted molar refractivity (Wildman–Crippen MR) is 107 cm³/mol. The summed E-state index contributed by atoms with van der Waals surface area (Å²) in [7, 11) is 1.63. The van der Waals surface area contributed by atoms with Gasteiger partial charge in [0.2, 0.25) is 11.8 Å². The van der Waals surface area contributed by atoms with Gasteiger partial charge in [0, 0.05) is 32.7 Å². The second-order valence-corrected chi connectivity index (χ2v) is 7.08. The van der Waals surface area contributed by atoms with Crippen molar-refractivity contribution in [3.05, 3.63) is 60.1 Å². The molecular formula is C22H30N2O4. The lowest BCUT2D eigenvalue weighted by atomic mass is 10.1. The number of benzene rings is 1. The molecule has 28 heavy (non-hydrogen) atoms. The molecule has 0 spiro atoms. The molecule has 0 saturated carbocycles. The summed E-state index contributed by atoms with van der Waals surface area (Å²) < 4.78 is 10.5. The first-order valence-electron chi connectivity index (χ1n) is 9.63. The van der Waals surface area contributed by atoms with Crippen LogP contribution in [0, 0.1) is 5.92 Å². The van der Waals surface area contributed by atoms with Crippen molar-refractivity contribution in [2.75, 3.05) is 26.8 Å². The molecule has 6 heteroatoms. The van der Waals surface area contributed by atoms with E-state index in [9.17, 15) is 9.59 Å². The second kappa shape index (κ2) is 11.3. The van der Waals surface area contributed by atoms with Crippen molar-refractivity contribution in [2.45, 2.75) is 33.4 Å². The van der Waals surface area contributed by atoms with Crippen LogP contribution in [0.25, 0.3) is 0 Å². The van der Waals surface area contributed by atoms with Crippen LogP contribution in [-0.2, 0) is 27.4 Å². The van der Waals surface area contributed by atoms with Crippen LogP contribution in [0.4, 0.5) is 0 Å². The Labute approximate surface area is 167 Å². The first kappa shape index (κ1) is 21.7. The van der Waals surface area contributed by atoms with Crippen LogP contribution in [0.15, 0.2) is 53.1 Å². The van der Waals surface area contributed by atoms with Crippen LogP contribution in [0.1, 0.15) is 31.6 Å². The SMILES string of the molecule is COCCCN(CC(=O)N(Cc1ccccc1)Cc1ccco1)C(=O)C(C)C. The summed E-state index contributed by atoms with van der Waals surface area (Å²) in [5.74, 6) is 0.419. The zero-order valence-corrected chi connectivity index (χ0v) is 17.0. The molecule has 1 heterocycles. The predicted octanol–water partition coefficient (Wildman–Crippen LogP) is 3.33. The van der Waals surface area contributed by atoms with E-state index in [0.717, 1.165) is 5.56 Å². The maximum absolute atomic E-state index is 13.1. The Hall–Kier alpha value is -2.60. The first-order chi connectivity index (χ1) is 13.5. The molecule has 152 valence electrons. The molecule has 0 aliphatic rings. The summed E-state index contributed by atoms with van der Waals surface area (Å²) in [5, 5.41) is 0.